The number of hydrogen-bond donors (Lipinski definition) is 1. The molecule has 1 radical (unpaired) electrons. The second-order valence-corrected chi connectivity index (χ2v) is 3.86. The highest BCUT2D eigenvalue weighted by Gasteiger charge is 1.87. The molecule has 0 aromatic carbocycles. The van der Waals surface area contributed by atoms with Crippen LogP contribution >= 0.6 is 10.9 Å². The molecule has 0 saturated heterocycles. The van der Waals surface area contributed by atoms with Crippen LogP contribution in [0.15, 0.2) is 0 Å². The summed E-state index contributed by atoms with van der Waals surface area (Å²) >= 11 is 0. The lowest BCUT2D eigenvalue weighted by Crippen LogP contribution is -2.01. The molecule has 0 bridgehead atoms. The largest absolute Gasteiger partial charge is 0.382 e. The maximum Gasteiger partial charge on any atom is 0.0746 e. The minimum Gasteiger partial charge on any atom is -0.382 e. The van der Waals surface area contributed by atoms with Crippen LogP contribution in [0.2, 0.25) is 0 Å². The molecular formula is C6H15O2S. The number of thiol groups is 1. The Morgan fingerprint density at radius 3 is 2.56 bits per heavy atom. The lowest BCUT2D eigenvalue weighted by atomic mass is 10.8. The molecule has 9 heavy (non-hydrogen) atoms. The molecule has 0 spiro atoms. The van der Waals surface area contributed by atoms with Gasteiger partial charge in [-0.2, -0.15) is 0 Å². The summed E-state index contributed by atoms with van der Waals surface area (Å²) in [5.41, 5.74) is 0. The maximum atomic E-state index is 5.18. The van der Waals surface area contributed by atoms with Crippen molar-refractivity contribution in [2.45, 2.75) is 0 Å². The van der Waals surface area contributed by atoms with Crippen LogP contribution in [0, 0.1) is 6.26 Å². The normalized spacial score (nSPS) is 11.7. The summed E-state index contributed by atoms with van der Waals surface area (Å²) in [5.74, 6) is 0.790. The fourth-order valence-electron chi connectivity index (χ4n) is 0.363. The standard InChI is InChI=1S/C6H15O2S/c1-7-4-5-8-6-9(2)3/h9H,2,4-6H2,1,3H3. The molecule has 0 amide bonds. The van der Waals surface area contributed by atoms with Gasteiger partial charge in [0.1, 0.15) is 0 Å². The van der Waals surface area contributed by atoms with Gasteiger partial charge in [0.2, 0.25) is 0 Å². The highest BCUT2D eigenvalue weighted by Crippen LogP contribution is 2.14. The lowest BCUT2D eigenvalue weighted by Gasteiger charge is -2.08. The van der Waals surface area contributed by atoms with E-state index in [2.05, 4.69) is 12.5 Å². The number of hydrogen-bond acceptors (Lipinski definition) is 2. The fraction of sp³-hybridized carbons (Fsp3) is 0.833. The summed E-state index contributed by atoms with van der Waals surface area (Å²) in [6, 6.07) is 0. The van der Waals surface area contributed by atoms with E-state index in [1.165, 1.54) is 0 Å². The van der Waals surface area contributed by atoms with Crippen LogP contribution in [-0.4, -0.2) is 32.5 Å². The van der Waals surface area contributed by atoms with Gasteiger partial charge in [0, 0.05) is 7.11 Å². The van der Waals surface area contributed by atoms with Gasteiger partial charge in [-0.15, -0.1) is 0 Å². The van der Waals surface area contributed by atoms with Gasteiger partial charge in [-0.25, -0.2) is 10.9 Å². The topological polar surface area (TPSA) is 18.5 Å². The van der Waals surface area contributed by atoms with Crippen LogP contribution in [-0.2, 0) is 9.47 Å². The molecule has 0 aliphatic rings. The van der Waals surface area contributed by atoms with Crippen LogP contribution in [0.1, 0.15) is 0 Å². The second kappa shape index (κ2) is 6.39. The van der Waals surface area contributed by atoms with Crippen molar-refractivity contribution in [3.8, 4) is 0 Å². The van der Waals surface area contributed by atoms with Crippen molar-refractivity contribution in [3.05, 3.63) is 6.26 Å². The van der Waals surface area contributed by atoms with Crippen molar-refractivity contribution < 1.29 is 9.47 Å². The van der Waals surface area contributed by atoms with Crippen molar-refractivity contribution in [1.29, 1.82) is 0 Å². The van der Waals surface area contributed by atoms with Gasteiger partial charge >= 0.3 is 0 Å². The molecule has 0 aliphatic carbocycles. The fourth-order valence-corrected chi connectivity index (χ4v) is 0.803. The molecule has 57 valence electrons. The summed E-state index contributed by atoms with van der Waals surface area (Å²) in [4.78, 5) is 0. The zero-order valence-corrected chi connectivity index (χ0v) is 6.99. The molecule has 3 heteroatoms. The molecule has 1 atom stereocenters. The van der Waals surface area contributed by atoms with Crippen molar-refractivity contribution in [1.82, 2.24) is 0 Å². The Kier molecular flexibility index (Phi) is 6.58. The molecule has 0 rings (SSSR count). The Morgan fingerprint density at radius 1 is 1.44 bits per heavy atom. The summed E-state index contributed by atoms with van der Waals surface area (Å²) in [6.07, 6.45) is 5.92. The Balaban J connectivity index is 2.75. The summed E-state index contributed by atoms with van der Waals surface area (Å²) in [5, 5.41) is 0. The first-order valence-corrected chi connectivity index (χ1v) is 5.01. The summed E-state index contributed by atoms with van der Waals surface area (Å²) in [7, 11) is 1.52. The van der Waals surface area contributed by atoms with E-state index in [1.54, 1.807) is 7.11 Å². The minimum atomic E-state index is -0.145. The van der Waals surface area contributed by atoms with Crippen molar-refractivity contribution in [2.24, 2.45) is 0 Å². The van der Waals surface area contributed by atoms with Gasteiger partial charge in [-0.05, 0) is 12.5 Å². The van der Waals surface area contributed by atoms with Gasteiger partial charge in [0.15, 0.2) is 0 Å². The average Bonchev–Trinajstić information content (AvgIpc) is 1.80. The Bertz CT molecular complexity index is 57.0. The average molecular weight is 151 g/mol. The van der Waals surface area contributed by atoms with Crippen LogP contribution in [0.3, 0.4) is 0 Å². The zero-order chi connectivity index (χ0) is 7.11. The smallest absolute Gasteiger partial charge is 0.0746 e. The monoisotopic (exact) mass is 151 g/mol. The van der Waals surface area contributed by atoms with Crippen molar-refractivity contribution in [3.63, 3.8) is 0 Å². The van der Waals surface area contributed by atoms with Crippen LogP contribution in [0.25, 0.3) is 0 Å². The van der Waals surface area contributed by atoms with Gasteiger partial charge in [-0.1, -0.05) is 0 Å². The Morgan fingerprint density at radius 2 is 2.11 bits per heavy atom. The van der Waals surface area contributed by atoms with E-state index in [0.29, 0.717) is 13.2 Å². The molecule has 0 heterocycles. The lowest BCUT2D eigenvalue weighted by molar-refractivity contribution is 0.0951. The Hall–Kier alpha value is 0.270. The van der Waals surface area contributed by atoms with Crippen molar-refractivity contribution >= 4 is 10.9 Å². The van der Waals surface area contributed by atoms with Crippen LogP contribution < -0.4 is 0 Å². The molecule has 1 unspecified atom stereocenters. The molecule has 0 N–H and O–H groups in total. The third kappa shape index (κ3) is 8.27. The molecule has 0 aromatic heterocycles. The van der Waals surface area contributed by atoms with E-state index in [1.807, 2.05) is 0 Å². The highest BCUT2D eigenvalue weighted by atomic mass is 32.2. The molecular weight excluding hydrogens is 136 g/mol. The molecule has 0 fully saturated rings. The maximum absolute atomic E-state index is 5.18. The number of rotatable bonds is 5. The number of methoxy groups -OCH3 is 1. The molecule has 0 saturated carbocycles. The van der Waals surface area contributed by atoms with Crippen LogP contribution in [0.4, 0.5) is 0 Å². The van der Waals surface area contributed by atoms with Crippen molar-refractivity contribution in [2.75, 3.05) is 32.5 Å². The predicted octanol–water partition coefficient (Wildman–Crippen LogP) is 1.03. The van der Waals surface area contributed by atoms with Gasteiger partial charge in [0.05, 0.1) is 19.2 Å². The predicted molar refractivity (Wildman–Crippen MR) is 43.0 cm³/mol. The van der Waals surface area contributed by atoms with Gasteiger partial charge in [-0.3, -0.25) is 0 Å². The first-order valence-electron chi connectivity index (χ1n) is 2.85. The molecule has 0 aliphatic heterocycles. The SMILES string of the molecule is [CH2][SH](C)COCCOC. The summed E-state index contributed by atoms with van der Waals surface area (Å²) in [6.45, 7) is 1.38. The Labute approximate surface area is 59.9 Å². The van der Waals surface area contributed by atoms with E-state index in [4.69, 9.17) is 9.47 Å². The van der Waals surface area contributed by atoms with Gasteiger partial charge in [0.25, 0.3) is 0 Å². The van der Waals surface area contributed by atoms with Crippen LogP contribution in [0.5, 0.6) is 0 Å². The van der Waals surface area contributed by atoms with E-state index >= 15 is 0 Å². The van der Waals surface area contributed by atoms with E-state index < -0.39 is 0 Å². The third-order valence-corrected chi connectivity index (χ3v) is 1.37. The summed E-state index contributed by atoms with van der Waals surface area (Å²) < 4.78 is 9.96. The molecule has 0 aromatic rings. The first-order chi connectivity index (χ1) is 4.27. The quantitative estimate of drug-likeness (QED) is 0.467. The first kappa shape index (κ1) is 9.27. The third-order valence-electron chi connectivity index (χ3n) is 0.743. The van der Waals surface area contributed by atoms with Gasteiger partial charge < -0.3 is 9.47 Å². The minimum absolute atomic E-state index is 0.145. The molecule has 2 nitrogen and oxygen atoms in total. The highest BCUT2D eigenvalue weighted by molar-refractivity contribution is 8.17. The number of ether oxygens (including phenoxy) is 2. The van der Waals surface area contributed by atoms with E-state index in [0.717, 1.165) is 5.94 Å². The van der Waals surface area contributed by atoms with E-state index in [9.17, 15) is 0 Å². The second-order valence-electron chi connectivity index (χ2n) is 1.89. The van der Waals surface area contributed by atoms with E-state index in [-0.39, 0.29) is 10.9 Å². The zero-order valence-electron chi connectivity index (χ0n) is 6.09.